The zero-order chi connectivity index (χ0) is 13.4. The molecule has 1 fully saturated rings. The second-order valence-electron chi connectivity index (χ2n) is 5.55. The Labute approximate surface area is 111 Å². The van der Waals surface area contributed by atoms with Crippen molar-refractivity contribution >= 4 is 0 Å². The van der Waals surface area contributed by atoms with E-state index in [4.69, 9.17) is 14.2 Å². The fourth-order valence-corrected chi connectivity index (χ4v) is 1.99. The molecule has 1 aliphatic heterocycles. The summed E-state index contributed by atoms with van der Waals surface area (Å²) in [5.41, 5.74) is -0.0931. The van der Waals surface area contributed by atoms with Gasteiger partial charge in [0.2, 0.25) is 0 Å². The molecule has 0 aromatic heterocycles. The summed E-state index contributed by atoms with van der Waals surface area (Å²) in [6.45, 7) is 9.69. The van der Waals surface area contributed by atoms with Crippen LogP contribution in [0.2, 0.25) is 0 Å². The van der Waals surface area contributed by atoms with E-state index < -0.39 is 0 Å². The predicted molar refractivity (Wildman–Crippen MR) is 73.0 cm³/mol. The molecule has 0 spiro atoms. The monoisotopic (exact) mass is 259 g/mol. The van der Waals surface area contributed by atoms with Gasteiger partial charge in [-0.15, -0.1) is 0 Å². The molecule has 0 aromatic carbocycles. The molecule has 0 aliphatic carbocycles. The molecule has 1 heterocycles. The molecule has 4 heteroatoms. The van der Waals surface area contributed by atoms with Crippen molar-refractivity contribution in [2.24, 2.45) is 0 Å². The van der Waals surface area contributed by atoms with E-state index in [1.54, 1.807) is 7.11 Å². The van der Waals surface area contributed by atoms with Crippen molar-refractivity contribution in [2.45, 2.75) is 57.8 Å². The van der Waals surface area contributed by atoms with Crippen LogP contribution in [-0.2, 0) is 14.2 Å². The Morgan fingerprint density at radius 1 is 1.28 bits per heavy atom. The van der Waals surface area contributed by atoms with Crippen LogP contribution in [-0.4, -0.2) is 51.2 Å². The lowest BCUT2D eigenvalue weighted by molar-refractivity contribution is -0.0401. The van der Waals surface area contributed by atoms with Gasteiger partial charge in [-0.05, 0) is 39.7 Å². The molecule has 4 nitrogen and oxygen atoms in total. The van der Waals surface area contributed by atoms with Crippen molar-refractivity contribution in [3.05, 3.63) is 0 Å². The maximum Gasteiger partial charge on any atom is 0.0813 e. The summed E-state index contributed by atoms with van der Waals surface area (Å²) in [5, 5.41) is 3.32. The first-order chi connectivity index (χ1) is 8.57. The highest BCUT2D eigenvalue weighted by Crippen LogP contribution is 2.20. The number of rotatable bonds is 9. The normalized spacial score (nSPS) is 24.7. The van der Waals surface area contributed by atoms with E-state index in [9.17, 15) is 0 Å². The maximum atomic E-state index is 5.90. The minimum absolute atomic E-state index is 0.0931. The number of hydrogen-bond donors (Lipinski definition) is 1. The van der Waals surface area contributed by atoms with Gasteiger partial charge >= 0.3 is 0 Å². The van der Waals surface area contributed by atoms with Crippen molar-refractivity contribution in [1.29, 1.82) is 0 Å². The third-order valence-electron chi connectivity index (χ3n) is 3.52. The Kier molecular flexibility index (Phi) is 7.15. The molecular formula is C14H29NO3. The molecular weight excluding hydrogens is 230 g/mol. The smallest absolute Gasteiger partial charge is 0.0813 e. The van der Waals surface area contributed by atoms with Crippen LogP contribution < -0.4 is 5.32 Å². The lowest BCUT2D eigenvalue weighted by atomic mass is 10.1. The fourth-order valence-electron chi connectivity index (χ4n) is 1.99. The first kappa shape index (κ1) is 15.9. The second kappa shape index (κ2) is 8.10. The van der Waals surface area contributed by atoms with E-state index >= 15 is 0 Å². The van der Waals surface area contributed by atoms with Gasteiger partial charge in [0.25, 0.3) is 0 Å². The van der Waals surface area contributed by atoms with Crippen molar-refractivity contribution in [2.75, 3.05) is 33.4 Å². The molecule has 2 atom stereocenters. The Bertz CT molecular complexity index is 221. The van der Waals surface area contributed by atoms with E-state index in [-0.39, 0.29) is 11.7 Å². The minimum atomic E-state index is -0.0931. The summed E-state index contributed by atoms with van der Waals surface area (Å²) < 4.78 is 16.9. The third-order valence-corrected chi connectivity index (χ3v) is 3.52. The highest BCUT2D eigenvalue weighted by atomic mass is 16.5. The number of hydrogen-bond acceptors (Lipinski definition) is 4. The molecule has 0 radical (unpaired) electrons. The summed E-state index contributed by atoms with van der Waals surface area (Å²) in [7, 11) is 1.74. The molecule has 1 N–H and O–H groups in total. The van der Waals surface area contributed by atoms with Crippen LogP contribution in [0.4, 0.5) is 0 Å². The highest BCUT2D eigenvalue weighted by Gasteiger charge is 2.25. The molecule has 1 rings (SSSR count). The van der Waals surface area contributed by atoms with Crippen molar-refractivity contribution in [3.8, 4) is 0 Å². The van der Waals surface area contributed by atoms with Crippen LogP contribution in [0, 0.1) is 0 Å². The predicted octanol–water partition coefficient (Wildman–Crippen LogP) is 1.98. The first-order valence-electron chi connectivity index (χ1n) is 7.06. The quantitative estimate of drug-likeness (QED) is 0.643. The molecule has 108 valence electrons. The van der Waals surface area contributed by atoms with E-state index in [0.717, 1.165) is 39.0 Å². The lowest BCUT2D eigenvalue weighted by Gasteiger charge is -2.23. The van der Waals surface area contributed by atoms with Crippen LogP contribution in [0.5, 0.6) is 0 Å². The SMILES string of the molecule is CCNCC1CCC(COCCC(C)(C)OC)O1. The Morgan fingerprint density at radius 3 is 2.67 bits per heavy atom. The molecule has 0 aromatic rings. The standard InChI is InChI=1S/C14H29NO3/c1-5-15-10-12-6-7-13(18-12)11-17-9-8-14(2,3)16-4/h12-13,15H,5-11H2,1-4H3. The molecule has 18 heavy (non-hydrogen) atoms. The van der Waals surface area contributed by atoms with Gasteiger partial charge in [-0.3, -0.25) is 0 Å². The van der Waals surface area contributed by atoms with Crippen LogP contribution in [0.25, 0.3) is 0 Å². The van der Waals surface area contributed by atoms with Gasteiger partial charge in [0, 0.05) is 20.3 Å². The van der Waals surface area contributed by atoms with E-state index in [1.807, 2.05) is 0 Å². The molecule has 1 aliphatic rings. The Balaban J connectivity index is 2.04. The van der Waals surface area contributed by atoms with Crippen LogP contribution >= 0.6 is 0 Å². The van der Waals surface area contributed by atoms with Gasteiger partial charge in [0.05, 0.1) is 24.4 Å². The van der Waals surface area contributed by atoms with Gasteiger partial charge in [-0.25, -0.2) is 0 Å². The third kappa shape index (κ3) is 6.14. The van der Waals surface area contributed by atoms with Gasteiger partial charge in [-0.1, -0.05) is 6.92 Å². The zero-order valence-corrected chi connectivity index (χ0v) is 12.3. The number of ether oxygens (including phenoxy) is 3. The van der Waals surface area contributed by atoms with Crippen LogP contribution in [0.1, 0.15) is 40.0 Å². The molecule has 1 saturated heterocycles. The largest absolute Gasteiger partial charge is 0.379 e. The van der Waals surface area contributed by atoms with Crippen LogP contribution in [0.15, 0.2) is 0 Å². The molecule has 0 bridgehead atoms. The number of nitrogens with one attached hydrogen (secondary N) is 1. The summed E-state index contributed by atoms with van der Waals surface area (Å²) in [4.78, 5) is 0. The van der Waals surface area contributed by atoms with Gasteiger partial charge in [0.1, 0.15) is 0 Å². The van der Waals surface area contributed by atoms with E-state index in [0.29, 0.717) is 12.7 Å². The maximum absolute atomic E-state index is 5.90. The van der Waals surface area contributed by atoms with Gasteiger partial charge < -0.3 is 19.5 Å². The van der Waals surface area contributed by atoms with E-state index in [2.05, 4.69) is 26.1 Å². The summed E-state index contributed by atoms with van der Waals surface area (Å²) in [5.74, 6) is 0. The van der Waals surface area contributed by atoms with Crippen molar-refractivity contribution in [1.82, 2.24) is 5.32 Å². The topological polar surface area (TPSA) is 39.7 Å². The molecule has 0 saturated carbocycles. The second-order valence-corrected chi connectivity index (χ2v) is 5.55. The average molecular weight is 259 g/mol. The van der Waals surface area contributed by atoms with Crippen molar-refractivity contribution in [3.63, 3.8) is 0 Å². The van der Waals surface area contributed by atoms with Crippen molar-refractivity contribution < 1.29 is 14.2 Å². The number of likely N-dealkylation sites (N-methyl/N-ethyl adjacent to an activating group) is 1. The van der Waals surface area contributed by atoms with Gasteiger partial charge in [-0.2, -0.15) is 0 Å². The van der Waals surface area contributed by atoms with Crippen LogP contribution in [0.3, 0.4) is 0 Å². The fraction of sp³-hybridized carbons (Fsp3) is 1.00. The minimum Gasteiger partial charge on any atom is -0.379 e. The lowest BCUT2D eigenvalue weighted by Crippen LogP contribution is -2.28. The first-order valence-corrected chi connectivity index (χ1v) is 7.06. The molecule has 0 amide bonds. The highest BCUT2D eigenvalue weighted by molar-refractivity contribution is 4.75. The summed E-state index contributed by atoms with van der Waals surface area (Å²) >= 11 is 0. The zero-order valence-electron chi connectivity index (χ0n) is 12.3. The average Bonchev–Trinajstić information content (AvgIpc) is 2.80. The molecule has 2 unspecified atom stereocenters. The summed E-state index contributed by atoms with van der Waals surface area (Å²) in [6.07, 6.45) is 3.82. The Morgan fingerprint density at radius 2 is 2.00 bits per heavy atom. The number of methoxy groups -OCH3 is 1. The van der Waals surface area contributed by atoms with Gasteiger partial charge in [0.15, 0.2) is 0 Å². The summed E-state index contributed by atoms with van der Waals surface area (Å²) in [6, 6.07) is 0. The Hall–Kier alpha value is -0.160. The van der Waals surface area contributed by atoms with E-state index in [1.165, 1.54) is 0 Å².